The molecule has 0 bridgehead atoms. The predicted molar refractivity (Wildman–Crippen MR) is 133 cm³/mol. The maximum absolute atomic E-state index is 15.1. The van der Waals surface area contributed by atoms with Crippen molar-refractivity contribution in [3.05, 3.63) is 52.7 Å². The molecule has 2 aliphatic heterocycles. The van der Waals surface area contributed by atoms with E-state index in [1.165, 1.54) is 6.33 Å². The molecule has 1 aromatic heterocycles. The van der Waals surface area contributed by atoms with E-state index in [0.29, 0.717) is 50.8 Å². The second-order valence-corrected chi connectivity index (χ2v) is 11.3. The Balaban J connectivity index is 1.38. The van der Waals surface area contributed by atoms with Gasteiger partial charge in [-0.05, 0) is 51.2 Å². The summed E-state index contributed by atoms with van der Waals surface area (Å²) in [6.45, 7) is 7.73. The highest BCUT2D eigenvalue weighted by Gasteiger charge is 2.43. The summed E-state index contributed by atoms with van der Waals surface area (Å²) >= 11 is 0. The van der Waals surface area contributed by atoms with Crippen molar-refractivity contribution in [2.45, 2.75) is 75.7 Å². The standard InChI is InChI=1S/C27H33F4N5O2/c1-15-12-20(37)23-21(15)24(33-14-32-23)35-8-10-36(11-9-35)25(38)22(19-6-7-26(2,3)34-19)17-5-4-16(13-18(17)28)27(29,30)31/h4-5,13-15,19-20,22,34,37H,6-12H2,1-3H3/t15-,19?,20-,22?/m1/s1. The summed E-state index contributed by atoms with van der Waals surface area (Å²) in [7, 11) is 0. The third-order valence-electron chi connectivity index (χ3n) is 8.16. The van der Waals surface area contributed by atoms with Crippen molar-refractivity contribution in [3.63, 3.8) is 0 Å². The van der Waals surface area contributed by atoms with Crippen LogP contribution in [0.2, 0.25) is 0 Å². The van der Waals surface area contributed by atoms with E-state index >= 15 is 4.39 Å². The number of alkyl halides is 3. The van der Waals surface area contributed by atoms with Gasteiger partial charge >= 0.3 is 6.18 Å². The van der Waals surface area contributed by atoms with Gasteiger partial charge in [0.25, 0.3) is 0 Å². The minimum Gasteiger partial charge on any atom is -0.387 e. The molecular weight excluding hydrogens is 502 g/mol. The van der Waals surface area contributed by atoms with Crippen LogP contribution in [0.15, 0.2) is 24.5 Å². The van der Waals surface area contributed by atoms with Gasteiger partial charge in [-0.1, -0.05) is 13.0 Å². The third kappa shape index (κ3) is 4.98. The molecule has 7 nitrogen and oxygen atoms in total. The quantitative estimate of drug-likeness (QED) is 0.573. The lowest BCUT2D eigenvalue weighted by molar-refractivity contribution is -0.137. The lowest BCUT2D eigenvalue weighted by Gasteiger charge is -2.39. The number of fused-ring (bicyclic) bond motifs is 1. The van der Waals surface area contributed by atoms with E-state index in [4.69, 9.17) is 0 Å². The van der Waals surface area contributed by atoms with Gasteiger partial charge < -0.3 is 20.2 Å². The van der Waals surface area contributed by atoms with Crippen LogP contribution >= 0.6 is 0 Å². The van der Waals surface area contributed by atoms with Gasteiger partial charge in [0.2, 0.25) is 5.91 Å². The van der Waals surface area contributed by atoms with Crippen LogP contribution in [0.4, 0.5) is 23.4 Å². The van der Waals surface area contributed by atoms with Gasteiger partial charge in [0.15, 0.2) is 0 Å². The number of nitrogens with zero attached hydrogens (tertiary/aromatic N) is 4. The number of rotatable bonds is 4. The molecule has 3 heterocycles. The lowest BCUT2D eigenvalue weighted by atomic mass is 9.87. The molecule has 206 valence electrons. The zero-order valence-corrected chi connectivity index (χ0v) is 21.7. The molecule has 5 rings (SSSR count). The summed E-state index contributed by atoms with van der Waals surface area (Å²) in [5.41, 5.74) is 0.224. The zero-order valence-electron chi connectivity index (χ0n) is 21.7. The molecule has 2 aromatic rings. The minimum atomic E-state index is -4.67. The van der Waals surface area contributed by atoms with Crippen LogP contribution in [0.3, 0.4) is 0 Å². The summed E-state index contributed by atoms with van der Waals surface area (Å²) in [5, 5.41) is 13.7. The third-order valence-corrected chi connectivity index (χ3v) is 8.16. The van der Waals surface area contributed by atoms with Crippen molar-refractivity contribution in [3.8, 4) is 0 Å². The molecule has 2 unspecified atom stereocenters. The molecule has 2 N–H and O–H groups in total. The number of amides is 1. The Morgan fingerprint density at radius 2 is 1.89 bits per heavy atom. The monoisotopic (exact) mass is 535 g/mol. The number of hydrogen-bond donors (Lipinski definition) is 2. The number of halogens is 4. The van der Waals surface area contributed by atoms with Crippen LogP contribution in [0.25, 0.3) is 0 Å². The fraction of sp³-hybridized carbons (Fsp3) is 0.593. The van der Waals surface area contributed by atoms with E-state index in [9.17, 15) is 23.1 Å². The molecular formula is C27H33F4N5O2. The van der Waals surface area contributed by atoms with Crippen LogP contribution in [0, 0.1) is 5.82 Å². The van der Waals surface area contributed by atoms with Gasteiger partial charge in [0.05, 0.1) is 23.3 Å². The van der Waals surface area contributed by atoms with Gasteiger partial charge in [0.1, 0.15) is 18.0 Å². The molecule has 0 radical (unpaired) electrons. The molecule has 1 amide bonds. The summed E-state index contributed by atoms with van der Waals surface area (Å²) in [6, 6.07) is 2.05. The molecule has 11 heteroatoms. The molecule has 3 aliphatic rings. The fourth-order valence-electron chi connectivity index (χ4n) is 6.18. The van der Waals surface area contributed by atoms with Gasteiger partial charge in [-0.3, -0.25) is 4.79 Å². The molecule has 38 heavy (non-hydrogen) atoms. The number of nitrogens with one attached hydrogen (secondary N) is 1. The summed E-state index contributed by atoms with van der Waals surface area (Å²) < 4.78 is 54.7. The van der Waals surface area contributed by atoms with E-state index in [1.54, 1.807) is 4.90 Å². The number of aliphatic hydroxyl groups is 1. The first-order chi connectivity index (χ1) is 17.9. The predicted octanol–water partition coefficient (Wildman–Crippen LogP) is 4.14. The summed E-state index contributed by atoms with van der Waals surface area (Å²) in [5.74, 6) is -1.39. The maximum Gasteiger partial charge on any atom is 0.416 e. The fourth-order valence-corrected chi connectivity index (χ4v) is 6.18. The number of hydrogen-bond acceptors (Lipinski definition) is 6. The Bertz CT molecular complexity index is 1210. The van der Waals surface area contributed by atoms with Crippen molar-refractivity contribution in [2.24, 2.45) is 0 Å². The van der Waals surface area contributed by atoms with E-state index in [0.717, 1.165) is 29.9 Å². The van der Waals surface area contributed by atoms with E-state index in [2.05, 4.69) is 20.2 Å². The smallest absolute Gasteiger partial charge is 0.387 e. The normalized spacial score (nSPS) is 25.9. The number of aromatic nitrogens is 2. The summed E-state index contributed by atoms with van der Waals surface area (Å²) in [4.78, 5) is 26.4. The highest BCUT2D eigenvalue weighted by Crippen LogP contribution is 2.43. The Hall–Kier alpha value is -2.79. The van der Waals surface area contributed by atoms with Crippen LogP contribution in [-0.4, -0.2) is 63.6 Å². The van der Waals surface area contributed by atoms with Gasteiger partial charge in [0, 0.05) is 48.9 Å². The number of aliphatic hydroxyl groups excluding tert-OH is 1. The Labute approximate surface area is 219 Å². The second kappa shape index (κ2) is 9.75. The first-order valence-corrected chi connectivity index (χ1v) is 13.1. The number of benzene rings is 1. The number of carbonyl (C=O) groups excluding carboxylic acids is 1. The van der Waals surface area contributed by atoms with Crippen LogP contribution in [0.1, 0.15) is 80.4 Å². The molecule has 0 spiro atoms. The Morgan fingerprint density at radius 1 is 1.18 bits per heavy atom. The van der Waals surface area contributed by atoms with Crippen LogP contribution < -0.4 is 10.2 Å². The first-order valence-electron chi connectivity index (χ1n) is 13.1. The van der Waals surface area contributed by atoms with Gasteiger partial charge in [-0.25, -0.2) is 14.4 Å². The number of anilines is 1. The lowest BCUT2D eigenvalue weighted by Crippen LogP contribution is -2.53. The number of carbonyl (C=O) groups is 1. The first kappa shape index (κ1) is 26.8. The Morgan fingerprint density at radius 3 is 2.50 bits per heavy atom. The molecule has 2 fully saturated rings. The highest BCUT2D eigenvalue weighted by molar-refractivity contribution is 5.85. The minimum absolute atomic E-state index is 0.0166. The average Bonchev–Trinajstić information content (AvgIpc) is 3.37. The topological polar surface area (TPSA) is 81.6 Å². The van der Waals surface area contributed by atoms with E-state index < -0.39 is 35.6 Å². The Kier molecular flexibility index (Phi) is 6.88. The summed E-state index contributed by atoms with van der Waals surface area (Å²) in [6.07, 6.45) is -1.88. The van der Waals surface area contributed by atoms with Crippen LogP contribution in [-0.2, 0) is 11.0 Å². The largest absolute Gasteiger partial charge is 0.416 e. The zero-order chi connectivity index (χ0) is 27.4. The molecule has 1 aliphatic carbocycles. The van der Waals surface area contributed by atoms with Gasteiger partial charge in [-0.15, -0.1) is 0 Å². The van der Waals surface area contributed by atoms with Crippen molar-refractivity contribution in [1.29, 1.82) is 0 Å². The number of piperazine rings is 1. The molecule has 0 saturated carbocycles. The molecule has 1 aromatic carbocycles. The second-order valence-electron chi connectivity index (χ2n) is 11.3. The van der Waals surface area contributed by atoms with Crippen molar-refractivity contribution in [1.82, 2.24) is 20.2 Å². The van der Waals surface area contributed by atoms with Crippen molar-refractivity contribution < 1.29 is 27.5 Å². The van der Waals surface area contributed by atoms with E-state index in [1.807, 2.05) is 20.8 Å². The molecule has 4 atom stereocenters. The molecule has 2 saturated heterocycles. The van der Waals surface area contributed by atoms with Crippen molar-refractivity contribution in [2.75, 3.05) is 31.1 Å². The van der Waals surface area contributed by atoms with E-state index in [-0.39, 0.29) is 22.9 Å². The van der Waals surface area contributed by atoms with Crippen LogP contribution in [0.5, 0.6) is 0 Å². The average molecular weight is 536 g/mol. The van der Waals surface area contributed by atoms with Gasteiger partial charge in [-0.2, -0.15) is 13.2 Å². The maximum atomic E-state index is 15.1. The SMILES string of the molecule is C[C@@H]1C[C@@H](O)c2ncnc(N3CCN(C(=O)C(c4ccc(C(F)(F)F)cc4F)C4CCC(C)(C)N4)CC3)c21. The highest BCUT2D eigenvalue weighted by atomic mass is 19.4. The van der Waals surface area contributed by atoms with Crippen molar-refractivity contribution >= 4 is 11.7 Å².